The van der Waals surface area contributed by atoms with E-state index in [-0.39, 0.29) is 23.6 Å². The van der Waals surface area contributed by atoms with Crippen LogP contribution in [0.5, 0.6) is 0 Å². The summed E-state index contributed by atoms with van der Waals surface area (Å²) in [7, 11) is -1.03. The number of hydrogen-bond donors (Lipinski definition) is 1. The van der Waals surface area contributed by atoms with E-state index in [1.807, 2.05) is 18.9 Å². The third-order valence-corrected chi connectivity index (χ3v) is 4.47. The second kappa shape index (κ2) is 5.25. The molecule has 90 valence electrons. The van der Waals surface area contributed by atoms with E-state index in [2.05, 4.69) is 0 Å². The SMILES string of the molecule is CCOCCN(C)C1CS(=O)(=O)CC1N. The Morgan fingerprint density at radius 1 is 1.47 bits per heavy atom. The summed E-state index contributed by atoms with van der Waals surface area (Å²) >= 11 is 0. The molecule has 0 spiro atoms. The lowest BCUT2D eigenvalue weighted by atomic mass is 10.1. The molecule has 0 aromatic heterocycles. The van der Waals surface area contributed by atoms with Gasteiger partial charge in [-0.1, -0.05) is 0 Å². The van der Waals surface area contributed by atoms with Gasteiger partial charge in [-0.3, -0.25) is 4.90 Å². The summed E-state index contributed by atoms with van der Waals surface area (Å²) in [6.45, 7) is 3.96. The van der Waals surface area contributed by atoms with Crippen molar-refractivity contribution in [1.82, 2.24) is 4.90 Å². The van der Waals surface area contributed by atoms with Gasteiger partial charge in [-0.05, 0) is 14.0 Å². The molecule has 0 radical (unpaired) electrons. The number of sulfone groups is 1. The molecule has 0 aromatic carbocycles. The third kappa shape index (κ3) is 3.71. The smallest absolute Gasteiger partial charge is 0.153 e. The summed E-state index contributed by atoms with van der Waals surface area (Å²) in [6, 6.07) is -0.322. The summed E-state index contributed by atoms with van der Waals surface area (Å²) in [5.41, 5.74) is 5.80. The van der Waals surface area contributed by atoms with Crippen molar-refractivity contribution >= 4 is 9.84 Å². The van der Waals surface area contributed by atoms with E-state index >= 15 is 0 Å². The highest BCUT2D eigenvalue weighted by molar-refractivity contribution is 7.91. The van der Waals surface area contributed by atoms with E-state index in [1.54, 1.807) is 0 Å². The summed E-state index contributed by atoms with van der Waals surface area (Å²) in [6.07, 6.45) is 0. The Labute approximate surface area is 91.5 Å². The maximum Gasteiger partial charge on any atom is 0.153 e. The molecule has 0 saturated carbocycles. The Kier molecular flexibility index (Phi) is 4.51. The molecule has 1 aliphatic rings. The van der Waals surface area contributed by atoms with Crippen molar-refractivity contribution < 1.29 is 13.2 Å². The van der Waals surface area contributed by atoms with Crippen LogP contribution in [0.3, 0.4) is 0 Å². The van der Waals surface area contributed by atoms with Crippen molar-refractivity contribution in [2.45, 2.75) is 19.0 Å². The first kappa shape index (κ1) is 12.9. The molecule has 1 fully saturated rings. The van der Waals surface area contributed by atoms with Crippen molar-refractivity contribution in [3.8, 4) is 0 Å². The van der Waals surface area contributed by atoms with Gasteiger partial charge in [0.05, 0.1) is 18.1 Å². The van der Waals surface area contributed by atoms with Gasteiger partial charge in [0.1, 0.15) is 0 Å². The molecule has 1 saturated heterocycles. The lowest BCUT2D eigenvalue weighted by Crippen LogP contribution is -2.46. The van der Waals surface area contributed by atoms with Gasteiger partial charge in [0.2, 0.25) is 0 Å². The van der Waals surface area contributed by atoms with Crippen molar-refractivity contribution in [1.29, 1.82) is 0 Å². The molecule has 2 atom stereocenters. The third-order valence-electron chi connectivity index (χ3n) is 2.72. The normalized spacial score (nSPS) is 29.9. The van der Waals surface area contributed by atoms with Crippen LogP contribution in [0, 0.1) is 0 Å². The molecule has 1 rings (SSSR count). The molecule has 5 nitrogen and oxygen atoms in total. The van der Waals surface area contributed by atoms with Gasteiger partial charge in [0, 0.05) is 25.2 Å². The lowest BCUT2D eigenvalue weighted by Gasteiger charge is -2.26. The van der Waals surface area contributed by atoms with E-state index in [1.165, 1.54) is 0 Å². The van der Waals surface area contributed by atoms with Gasteiger partial charge in [0.25, 0.3) is 0 Å². The van der Waals surface area contributed by atoms with Crippen molar-refractivity contribution in [3.63, 3.8) is 0 Å². The zero-order valence-electron chi connectivity index (χ0n) is 9.35. The zero-order valence-corrected chi connectivity index (χ0v) is 10.2. The highest BCUT2D eigenvalue weighted by Gasteiger charge is 2.37. The fourth-order valence-electron chi connectivity index (χ4n) is 1.83. The van der Waals surface area contributed by atoms with Gasteiger partial charge < -0.3 is 10.5 Å². The van der Waals surface area contributed by atoms with Gasteiger partial charge in [-0.25, -0.2) is 8.42 Å². The van der Waals surface area contributed by atoms with Gasteiger partial charge in [-0.15, -0.1) is 0 Å². The molecule has 0 aromatic rings. The Balaban J connectivity index is 2.43. The van der Waals surface area contributed by atoms with Crippen LogP contribution in [0.1, 0.15) is 6.92 Å². The first-order valence-corrected chi connectivity index (χ1v) is 7.02. The minimum absolute atomic E-state index is 0.0598. The summed E-state index contributed by atoms with van der Waals surface area (Å²) in [5.74, 6) is 0.285. The van der Waals surface area contributed by atoms with E-state index in [9.17, 15) is 8.42 Å². The maximum atomic E-state index is 11.3. The van der Waals surface area contributed by atoms with Crippen LogP contribution < -0.4 is 5.73 Å². The van der Waals surface area contributed by atoms with Crippen LogP contribution in [0.2, 0.25) is 0 Å². The molecule has 0 bridgehead atoms. The molecule has 0 aliphatic carbocycles. The van der Waals surface area contributed by atoms with Crippen LogP contribution in [0.25, 0.3) is 0 Å². The highest BCUT2D eigenvalue weighted by atomic mass is 32.2. The number of nitrogens with two attached hydrogens (primary N) is 1. The Hall–Kier alpha value is -0.170. The predicted octanol–water partition coefficient (Wildman–Crippen LogP) is -0.921. The largest absolute Gasteiger partial charge is 0.380 e. The fourth-order valence-corrected chi connectivity index (χ4v) is 3.80. The molecule has 15 heavy (non-hydrogen) atoms. The maximum absolute atomic E-state index is 11.3. The number of ether oxygens (including phenoxy) is 1. The monoisotopic (exact) mass is 236 g/mol. The molecule has 6 heteroatoms. The highest BCUT2D eigenvalue weighted by Crippen LogP contribution is 2.15. The van der Waals surface area contributed by atoms with Gasteiger partial charge in [-0.2, -0.15) is 0 Å². The second-order valence-electron chi connectivity index (χ2n) is 3.99. The van der Waals surface area contributed by atoms with Crippen LogP contribution in [0.15, 0.2) is 0 Å². The first-order valence-electron chi connectivity index (χ1n) is 5.20. The molecular formula is C9H20N2O3S. The molecular weight excluding hydrogens is 216 g/mol. The number of hydrogen-bond acceptors (Lipinski definition) is 5. The average Bonchev–Trinajstić information content (AvgIpc) is 2.40. The summed E-state index contributed by atoms with van der Waals surface area (Å²) in [4.78, 5) is 1.98. The molecule has 2 N–H and O–H groups in total. The predicted molar refractivity (Wildman–Crippen MR) is 59.5 cm³/mol. The van der Waals surface area contributed by atoms with Crippen LogP contribution >= 0.6 is 0 Å². The molecule has 2 unspecified atom stereocenters. The van der Waals surface area contributed by atoms with Crippen molar-refractivity contribution in [2.24, 2.45) is 5.73 Å². The Morgan fingerprint density at radius 2 is 2.13 bits per heavy atom. The van der Waals surface area contributed by atoms with Gasteiger partial charge >= 0.3 is 0 Å². The molecule has 1 aliphatic heterocycles. The second-order valence-corrected chi connectivity index (χ2v) is 6.14. The van der Waals surface area contributed by atoms with E-state index < -0.39 is 9.84 Å². The minimum atomic E-state index is -2.93. The number of rotatable bonds is 5. The molecule has 1 heterocycles. The zero-order chi connectivity index (χ0) is 11.5. The van der Waals surface area contributed by atoms with Crippen LogP contribution in [0.4, 0.5) is 0 Å². The quantitative estimate of drug-likeness (QED) is 0.625. The average molecular weight is 236 g/mol. The minimum Gasteiger partial charge on any atom is -0.380 e. The van der Waals surface area contributed by atoms with Crippen LogP contribution in [-0.2, 0) is 14.6 Å². The van der Waals surface area contributed by atoms with Crippen molar-refractivity contribution in [3.05, 3.63) is 0 Å². The standard InChI is InChI=1S/C9H20N2O3S/c1-3-14-5-4-11(2)9-7-15(12,13)6-8(9)10/h8-9H,3-7,10H2,1-2H3. The first-order chi connectivity index (χ1) is 6.96. The summed E-state index contributed by atoms with van der Waals surface area (Å²) < 4.78 is 27.9. The van der Waals surface area contributed by atoms with Gasteiger partial charge in [0.15, 0.2) is 9.84 Å². The van der Waals surface area contributed by atoms with Crippen LogP contribution in [-0.4, -0.2) is 63.7 Å². The van der Waals surface area contributed by atoms with E-state index in [0.29, 0.717) is 13.2 Å². The Bertz CT molecular complexity index is 292. The topological polar surface area (TPSA) is 72.6 Å². The van der Waals surface area contributed by atoms with E-state index in [0.717, 1.165) is 6.54 Å². The summed E-state index contributed by atoms with van der Waals surface area (Å²) in [5, 5.41) is 0. The molecule has 0 amide bonds. The fraction of sp³-hybridized carbons (Fsp3) is 1.00. The van der Waals surface area contributed by atoms with E-state index in [4.69, 9.17) is 10.5 Å². The number of likely N-dealkylation sites (N-methyl/N-ethyl adjacent to an activating group) is 1. The Morgan fingerprint density at radius 3 is 2.60 bits per heavy atom. The number of nitrogens with zero attached hydrogens (tertiary/aromatic N) is 1. The lowest BCUT2D eigenvalue weighted by molar-refractivity contribution is 0.108. The van der Waals surface area contributed by atoms with Crippen molar-refractivity contribution in [2.75, 3.05) is 38.3 Å².